The predicted molar refractivity (Wildman–Crippen MR) is 67.4 cm³/mol. The molecule has 1 aliphatic carbocycles. The van der Waals surface area contributed by atoms with E-state index >= 15 is 0 Å². The number of rotatable bonds is 8. The minimum Gasteiger partial charge on any atom is -0.353 e. The summed E-state index contributed by atoms with van der Waals surface area (Å²) in [6.45, 7) is 5.52. The zero-order valence-electron chi connectivity index (χ0n) is 10.8. The molecule has 0 aromatic heterocycles. The van der Waals surface area contributed by atoms with Gasteiger partial charge in [-0.3, -0.25) is 0 Å². The molecule has 0 radical (unpaired) electrons. The molecule has 0 aliphatic heterocycles. The molecule has 0 amide bonds. The van der Waals surface area contributed by atoms with E-state index in [1.807, 2.05) is 13.8 Å². The minimum absolute atomic E-state index is 0.0427. The Bertz CT molecular complexity index is 199. The number of ether oxygens (including phenoxy) is 2. The van der Waals surface area contributed by atoms with Gasteiger partial charge in [-0.2, -0.15) is 0 Å². The molecule has 1 rings (SSSR count). The van der Waals surface area contributed by atoms with Crippen LogP contribution in [0.4, 0.5) is 0 Å². The molecule has 0 saturated heterocycles. The lowest BCUT2D eigenvalue weighted by Gasteiger charge is -2.14. The fourth-order valence-electron chi connectivity index (χ4n) is 2.12. The summed E-state index contributed by atoms with van der Waals surface area (Å²) in [5.74, 6) is 0. The first-order valence-electron chi connectivity index (χ1n) is 6.74. The lowest BCUT2D eigenvalue weighted by Crippen LogP contribution is -2.13. The lowest BCUT2D eigenvalue weighted by atomic mass is 9.96. The van der Waals surface area contributed by atoms with Gasteiger partial charge < -0.3 is 9.47 Å². The average Bonchev–Trinajstić information content (AvgIpc) is 2.30. The lowest BCUT2D eigenvalue weighted by molar-refractivity contribution is -0.127. The minimum atomic E-state index is -0.0427. The second-order valence-electron chi connectivity index (χ2n) is 4.46. The Kier molecular flexibility index (Phi) is 7.52. The standard InChI is InChI=1S/C14H26O2/c1-3-15-13(2)16-12-8-7-11-14-9-5-4-6-10-14/h9,13H,3-8,10-12H2,1-2H3. The summed E-state index contributed by atoms with van der Waals surface area (Å²) < 4.78 is 10.8. The topological polar surface area (TPSA) is 18.5 Å². The first-order chi connectivity index (χ1) is 7.83. The molecule has 0 aromatic rings. The first kappa shape index (κ1) is 13.7. The summed E-state index contributed by atoms with van der Waals surface area (Å²) in [5, 5.41) is 0. The second kappa shape index (κ2) is 8.77. The molecule has 0 saturated carbocycles. The summed E-state index contributed by atoms with van der Waals surface area (Å²) in [6, 6.07) is 0. The monoisotopic (exact) mass is 226 g/mol. The van der Waals surface area contributed by atoms with E-state index in [1.54, 1.807) is 5.57 Å². The van der Waals surface area contributed by atoms with Gasteiger partial charge in [0.25, 0.3) is 0 Å². The van der Waals surface area contributed by atoms with E-state index in [1.165, 1.54) is 38.5 Å². The van der Waals surface area contributed by atoms with E-state index in [-0.39, 0.29) is 6.29 Å². The molecule has 2 heteroatoms. The number of hydrogen-bond acceptors (Lipinski definition) is 2. The van der Waals surface area contributed by atoms with Crippen molar-refractivity contribution >= 4 is 0 Å². The molecule has 0 aromatic carbocycles. The van der Waals surface area contributed by atoms with Crippen molar-refractivity contribution in [1.29, 1.82) is 0 Å². The molecule has 1 unspecified atom stereocenters. The molecule has 0 bridgehead atoms. The molecular weight excluding hydrogens is 200 g/mol. The largest absolute Gasteiger partial charge is 0.353 e. The van der Waals surface area contributed by atoms with E-state index in [0.29, 0.717) is 0 Å². The summed E-state index contributed by atoms with van der Waals surface area (Å²) in [6.07, 6.45) is 11.5. The molecule has 0 N–H and O–H groups in total. The highest BCUT2D eigenvalue weighted by Crippen LogP contribution is 2.21. The van der Waals surface area contributed by atoms with Crippen LogP contribution in [-0.2, 0) is 9.47 Å². The maximum atomic E-state index is 5.53. The number of hydrogen-bond donors (Lipinski definition) is 0. The highest BCUT2D eigenvalue weighted by molar-refractivity contribution is 5.04. The molecule has 0 spiro atoms. The third kappa shape index (κ3) is 6.29. The van der Waals surface area contributed by atoms with Crippen molar-refractivity contribution in [3.8, 4) is 0 Å². The van der Waals surface area contributed by atoms with Crippen LogP contribution in [0.15, 0.2) is 11.6 Å². The third-order valence-electron chi connectivity index (χ3n) is 3.03. The highest BCUT2D eigenvalue weighted by atomic mass is 16.7. The number of unbranched alkanes of at least 4 members (excludes halogenated alkanes) is 1. The molecule has 2 nitrogen and oxygen atoms in total. The van der Waals surface area contributed by atoms with Crippen molar-refractivity contribution in [3.63, 3.8) is 0 Å². The summed E-state index contributed by atoms with van der Waals surface area (Å²) in [7, 11) is 0. The fourth-order valence-corrected chi connectivity index (χ4v) is 2.12. The van der Waals surface area contributed by atoms with Gasteiger partial charge in [0.1, 0.15) is 0 Å². The third-order valence-corrected chi connectivity index (χ3v) is 3.03. The van der Waals surface area contributed by atoms with Crippen molar-refractivity contribution < 1.29 is 9.47 Å². The van der Waals surface area contributed by atoms with Gasteiger partial charge >= 0.3 is 0 Å². The number of allylic oxidation sites excluding steroid dienone is 2. The van der Waals surface area contributed by atoms with Crippen LogP contribution in [-0.4, -0.2) is 19.5 Å². The fraction of sp³-hybridized carbons (Fsp3) is 0.857. The van der Waals surface area contributed by atoms with Crippen LogP contribution in [0.5, 0.6) is 0 Å². The normalized spacial score (nSPS) is 18.2. The Morgan fingerprint density at radius 1 is 1.25 bits per heavy atom. The molecular formula is C14H26O2. The van der Waals surface area contributed by atoms with Gasteiger partial charge in [-0.05, 0) is 58.8 Å². The van der Waals surface area contributed by atoms with Crippen molar-refractivity contribution in [1.82, 2.24) is 0 Å². The predicted octanol–water partition coefficient (Wildman–Crippen LogP) is 4.06. The maximum absolute atomic E-state index is 5.53. The van der Waals surface area contributed by atoms with Crippen molar-refractivity contribution in [2.24, 2.45) is 0 Å². The zero-order valence-corrected chi connectivity index (χ0v) is 10.8. The van der Waals surface area contributed by atoms with E-state index in [2.05, 4.69) is 6.08 Å². The van der Waals surface area contributed by atoms with Crippen LogP contribution in [0.3, 0.4) is 0 Å². The molecule has 16 heavy (non-hydrogen) atoms. The van der Waals surface area contributed by atoms with Crippen molar-refractivity contribution in [3.05, 3.63) is 11.6 Å². The molecule has 0 heterocycles. The van der Waals surface area contributed by atoms with E-state index in [0.717, 1.165) is 19.6 Å². The smallest absolute Gasteiger partial charge is 0.154 e. The van der Waals surface area contributed by atoms with Gasteiger partial charge in [0.15, 0.2) is 6.29 Å². The van der Waals surface area contributed by atoms with Crippen LogP contribution in [0.2, 0.25) is 0 Å². The zero-order chi connectivity index (χ0) is 11.6. The average molecular weight is 226 g/mol. The molecule has 1 aliphatic rings. The van der Waals surface area contributed by atoms with Crippen molar-refractivity contribution in [2.45, 2.75) is 65.1 Å². The molecule has 0 fully saturated rings. The van der Waals surface area contributed by atoms with Crippen molar-refractivity contribution in [2.75, 3.05) is 13.2 Å². The Morgan fingerprint density at radius 2 is 2.12 bits per heavy atom. The van der Waals surface area contributed by atoms with Gasteiger partial charge in [0.2, 0.25) is 0 Å². The van der Waals surface area contributed by atoms with Crippen LogP contribution >= 0.6 is 0 Å². The van der Waals surface area contributed by atoms with Gasteiger partial charge in [0.05, 0.1) is 0 Å². The highest BCUT2D eigenvalue weighted by Gasteiger charge is 2.04. The molecule has 94 valence electrons. The quantitative estimate of drug-likeness (QED) is 0.353. The second-order valence-corrected chi connectivity index (χ2v) is 4.46. The first-order valence-corrected chi connectivity index (χ1v) is 6.74. The Hall–Kier alpha value is -0.340. The molecule has 1 atom stereocenters. The van der Waals surface area contributed by atoms with Crippen LogP contribution in [0, 0.1) is 0 Å². The Balaban J connectivity index is 1.93. The Labute approximate surface area is 100 Å². The van der Waals surface area contributed by atoms with E-state index in [4.69, 9.17) is 9.47 Å². The van der Waals surface area contributed by atoms with Gasteiger partial charge in [-0.25, -0.2) is 0 Å². The maximum Gasteiger partial charge on any atom is 0.154 e. The van der Waals surface area contributed by atoms with Gasteiger partial charge in [-0.15, -0.1) is 0 Å². The van der Waals surface area contributed by atoms with Crippen LogP contribution in [0.1, 0.15) is 58.8 Å². The van der Waals surface area contributed by atoms with E-state index < -0.39 is 0 Å². The summed E-state index contributed by atoms with van der Waals surface area (Å²) >= 11 is 0. The van der Waals surface area contributed by atoms with E-state index in [9.17, 15) is 0 Å². The van der Waals surface area contributed by atoms with Crippen LogP contribution < -0.4 is 0 Å². The summed E-state index contributed by atoms with van der Waals surface area (Å²) in [4.78, 5) is 0. The Morgan fingerprint density at radius 3 is 2.81 bits per heavy atom. The van der Waals surface area contributed by atoms with Crippen LogP contribution in [0.25, 0.3) is 0 Å². The summed E-state index contributed by atoms with van der Waals surface area (Å²) in [5.41, 5.74) is 1.67. The van der Waals surface area contributed by atoms with Gasteiger partial charge in [0, 0.05) is 13.2 Å². The SMILES string of the molecule is CCOC(C)OCCCCC1=CCCCC1. The van der Waals surface area contributed by atoms with Gasteiger partial charge in [-0.1, -0.05) is 11.6 Å².